The topological polar surface area (TPSA) is 200 Å². The van der Waals surface area contributed by atoms with Gasteiger partial charge in [0.15, 0.2) is 0 Å². The van der Waals surface area contributed by atoms with Crippen molar-refractivity contribution in [2.75, 3.05) is 41.0 Å². The van der Waals surface area contributed by atoms with Crippen LogP contribution >= 0.6 is 0 Å². The van der Waals surface area contributed by atoms with Crippen molar-refractivity contribution in [1.29, 1.82) is 0 Å². The van der Waals surface area contributed by atoms with Gasteiger partial charge in [0, 0.05) is 45.7 Å². The highest BCUT2D eigenvalue weighted by molar-refractivity contribution is 5.70. The van der Waals surface area contributed by atoms with E-state index in [9.17, 15) is 19.2 Å². The van der Waals surface area contributed by atoms with E-state index in [0.717, 1.165) is 29.0 Å². The van der Waals surface area contributed by atoms with E-state index in [0.29, 0.717) is 43.6 Å². The summed E-state index contributed by atoms with van der Waals surface area (Å²) in [5.41, 5.74) is 14.2. The van der Waals surface area contributed by atoms with E-state index in [1.54, 1.807) is 7.11 Å². The number of amides is 2. The molecule has 0 aliphatic heterocycles. The van der Waals surface area contributed by atoms with Crippen LogP contribution in [0.5, 0.6) is 11.5 Å². The van der Waals surface area contributed by atoms with E-state index in [4.69, 9.17) is 25.7 Å². The second kappa shape index (κ2) is 48.6. The van der Waals surface area contributed by atoms with E-state index in [2.05, 4.69) is 79.4 Å². The number of alkyl carbamates (subject to hydrolysis) is 2. The zero-order valence-corrected chi connectivity index (χ0v) is 45.7. The molecule has 6 N–H and O–H groups in total. The number of benzene rings is 2. The molecule has 0 aromatic heterocycles. The lowest BCUT2D eigenvalue weighted by atomic mass is 9.75. The Labute approximate surface area is 424 Å². The first-order valence-electron chi connectivity index (χ1n) is 23.3. The highest BCUT2D eigenvalue weighted by Crippen LogP contribution is 2.39. The second-order valence-corrected chi connectivity index (χ2v) is 18.0. The Morgan fingerprint density at radius 3 is 1.48 bits per heavy atom. The Hall–Kier alpha value is -4.40. The van der Waals surface area contributed by atoms with Crippen LogP contribution in [-0.4, -0.2) is 89.4 Å². The molecular weight excluding hydrogens is 877 g/mol. The molecule has 2 unspecified atom stereocenters. The zero-order valence-electron chi connectivity index (χ0n) is 45.7. The fraction of sp³-hybridized carbons (Fsp3) is 0.709. The third-order valence-corrected chi connectivity index (χ3v) is 8.57. The Kier molecular flexibility index (Phi) is 57.5. The fourth-order valence-electron chi connectivity index (χ4n) is 5.41. The molecule has 2 rings (SSSR count). The van der Waals surface area contributed by atoms with E-state index in [1.165, 1.54) is 33.6 Å². The first-order valence-corrected chi connectivity index (χ1v) is 23.3. The monoisotopic (exact) mass is 987 g/mol. The molecule has 2 aromatic carbocycles. The van der Waals surface area contributed by atoms with Crippen LogP contribution in [0.15, 0.2) is 42.5 Å². The Morgan fingerprint density at radius 1 is 0.696 bits per heavy atom. The standard InChI is InChI=1S/C17H26O2.C9H18N2O4.C9H12O.C6H12O2.C5H14N2.C4H10O.C2H6.3CH4/c1-11(2)10-17(6,7)16-13(4)8-12(3)9-15(16)19-14(5)18;1-6(2)7(11-9(13)15-4)5-10-8(12)14-3;1-8(2)10-9-6-4-3-5-7-9;1-5(2)4-8-6(3)7;1-4(2)5(7)3-6;1-4(2)5-3;1-2;;;/h8-9,11H,10H2,1-7H3;6-7H,5H2,1-4H3,(H,10,12)(H,11,13);3-8H,1-2H3;5H,4H2,1-3H3;4-5H,3,6-7H2,1-2H3;4H,1-3H3;1-2H3;3*1H4. The van der Waals surface area contributed by atoms with Gasteiger partial charge in [0.25, 0.3) is 0 Å². The summed E-state index contributed by atoms with van der Waals surface area (Å²) in [5.74, 6) is 2.95. The molecule has 69 heavy (non-hydrogen) atoms. The summed E-state index contributed by atoms with van der Waals surface area (Å²) in [6.45, 7) is 41.4. The van der Waals surface area contributed by atoms with Crippen LogP contribution < -0.4 is 31.6 Å². The third-order valence-electron chi connectivity index (χ3n) is 8.57. The minimum atomic E-state index is -0.521. The van der Waals surface area contributed by atoms with Gasteiger partial charge < -0.3 is 50.5 Å². The van der Waals surface area contributed by atoms with Crippen molar-refractivity contribution in [2.45, 2.75) is 197 Å². The maximum absolute atomic E-state index is 11.3. The van der Waals surface area contributed by atoms with Crippen molar-refractivity contribution in [2.24, 2.45) is 35.1 Å². The number of hydrogen-bond donors (Lipinski definition) is 4. The van der Waals surface area contributed by atoms with E-state index in [1.807, 2.05) is 113 Å². The molecule has 14 heteroatoms. The SMILES string of the molecule is C.C.C.CC.CC(=O)OCC(C)C.CC(=O)Oc1cc(C)cc(C)c1C(C)(C)CC(C)C.CC(C)C(N)CN.CC(C)Oc1ccccc1.COC(=O)NCC(NC(=O)OC)C(C)C.COC(C)C. The van der Waals surface area contributed by atoms with Gasteiger partial charge in [-0.15, -0.1) is 0 Å². The lowest BCUT2D eigenvalue weighted by Gasteiger charge is -2.31. The molecule has 2 aromatic rings. The quantitative estimate of drug-likeness (QED) is 0.0749. The van der Waals surface area contributed by atoms with Crippen molar-refractivity contribution in [3.05, 3.63) is 59.2 Å². The predicted octanol–water partition coefficient (Wildman–Crippen LogP) is 12.9. The van der Waals surface area contributed by atoms with Crippen LogP contribution in [0.3, 0.4) is 0 Å². The number of para-hydroxylation sites is 1. The van der Waals surface area contributed by atoms with Gasteiger partial charge >= 0.3 is 24.1 Å². The van der Waals surface area contributed by atoms with Crippen LogP contribution in [0.2, 0.25) is 0 Å². The Bertz CT molecular complexity index is 1520. The van der Waals surface area contributed by atoms with Crippen molar-refractivity contribution in [3.8, 4) is 11.5 Å². The number of esters is 2. The highest BCUT2D eigenvalue weighted by Gasteiger charge is 2.28. The molecule has 0 saturated carbocycles. The maximum Gasteiger partial charge on any atom is 0.407 e. The molecule has 0 aliphatic rings. The van der Waals surface area contributed by atoms with Crippen molar-refractivity contribution < 1.29 is 47.6 Å². The molecule has 0 aliphatic carbocycles. The summed E-state index contributed by atoms with van der Waals surface area (Å²) >= 11 is 0. The Morgan fingerprint density at radius 2 is 1.17 bits per heavy atom. The van der Waals surface area contributed by atoms with Gasteiger partial charge in [-0.25, -0.2) is 9.59 Å². The summed E-state index contributed by atoms with van der Waals surface area (Å²) in [7, 11) is 4.28. The molecule has 14 nitrogen and oxygen atoms in total. The highest BCUT2D eigenvalue weighted by atomic mass is 16.5. The zero-order chi connectivity index (χ0) is 52.7. The van der Waals surface area contributed by atoms with Crippen LogP contribution in [0, 0.1) is 37.5 Å². The number of hydrogen-bond acceptors (Lipinski definition) is 12. The largest absolute Gasteiger partial charge is 0.491 e. The molecule has 0 saturated heterocycles. The Balaban J connectivity index is -0.000000112. The first kappa shape index (κ1) is 81.6. The molecule has 410 valence electrons. The van der Waals surface area contributed by atoms with Crippen LogP contribution in [0.1, 0.15) is 170 Å². The maximum atomic E-state index is 11.3. The summed E-state index contributed by atoms with van der Waals surface area (Å²) in [6.07, 6.45) is 0.676. The van der Waals surface area contributed by atoms with Gasteiger partial charge in [-0.1, -0.05) is 130 Å². The third kappa shape index (κ3) is 51.3. The van der Waals surface area contributed by atoms with Crippen LogP contribution in [0.4, 0.5) is 9.59 Å². The molecule has 0 radical (unpaired) electrons. The van der Waals surface area contributed by atoms with Crippen LogP contribution in [-0.2, 0) is 34.0 Å². The summed E-state index contributed by atoms with van der Waals surface area (Å²) in [4.78, 5) is 43.2. The second-order valence-electron chi connectivity index (χ2n) is 18.0. The van der Waals surface area contributed by atoms with E-state index in [-0.39, 0.29) is 63.7 Å². The molecule has 2 atom stereocenters. The normalized spacial score (nSPS) is 10.7. The lowest BCUT2D eigenvalue weighted by molar-refractivity contribution is -0.142. The molecule has 0 spiro atoms. The van der Waals surface area contributed by atoms with Gasteiger partial charge in [-0.2, -0.15) is 0 Å². The average Bonchev–Trinajstić information content (AvgIpc) is 3.21. The number of carbonyl (C=O) groups excluding carboxylic acids is 4. The minimum absolute atomic E-state index is 0. The molecular formula is C55H110N4O10. The average molecular weight is 988 g/mol. The fourth-order valence-corrected chi connectivity index (χ4v) is 5.41. The first-order chi connectivity index (χ1) is 30.5. The van der Waals surface area contributed by atoms with Gasteiger partial charge in [0.05, 0.1) is 39.1 Å². The van der Waals surface area contributed by atoms with Gasteiger partial charge in [-0.05, 0) is 106 Å². The number of methoxy groups -OCH3 is 3. The number of nitrogens with two attached hydrogens (primary N) is 2. The number of aryl methyl sites for hydroxylation is 2. The lowest BCUT2D eigenvalue weighted by Crippen LogP contribution is -2.46. The molecule has 0 heterocycles. The smallest absolute Gasteiger partial charge is 0.407 e. The van der Waals surface area contributed by atoms with Gasteiger partial charge in [0.1, 0.15) is 11.5 Å². The van der Waals surface area contributed by atoms with Crippen molar-refractivity contribution in [3.63, 3.8) is 0 Å². The van der Waals surface area contributed by atoms with Crippen molar-refractivity contribution in [1.82, 2.24) is 10.6 Å². The molecule has 0 bridgehead atoms. The predicted molar refractivity (Wildman–Crippen MR) is 294 cm³/mol. The number of ether oxygens (including phenoxy) is 6. The number of rotatable bonds is 15. The summed E-state index contributed by atoms with van der Waals surface area (Å²) in [6, 6.07) is 14.0. The molecule has 2 amide bonds. The van der Waals surface area contributed by atoms with Gasteiger partial charge in [0.2, 0.25) is 0 Å². The number of nitrogens with one attached hydrogen (secondary N) is 2. The van der Waals surface area contributed by atoms with Crippen LogP contribution in [0.25, 0.3) is 0 Å². The molecule has 0 fully saturated rings. The summed E-state index contributed by atoms with van der Waals surface area (Å²) in [5, 5.41) is 5.13. The van der Waals surface area contributed by atoms with E-state index >= 15 is 0 Å². The van der Waals surface area contributed by atoms with E-state index < -0.39 is 12.2 Å². The van der Waals surface area contributed by atoms with Crippen molar-refractivity contribution >= 4 is 24.1 Å². The summed E-state index contributed by atoms with van der Waals surface area (Å²) < 4.78 is 29.2. The number of carbonyl (C=O) groups is 4. The minimum Gasteiger partial charge on any atom is -0.491 e. The van der Waals surface area contributed by atoms with Gasteiger partial charge in [-0.3, -0.25) is 9.59 Å².